The Bertz CT molecular complexity index is 485. The van der Waals surface area contributed by atoms with Crippen molar-refractivity contribution in [1.29, 1.82) is 0 Å². The maximum absolute atomic E-state index is 11.1. The van der Waals surface area contributed by atoms with Crippen LogP contribution in [0.4, 0.5) is 11.4 Å². The van der Waals surface area contributed by atoms with E-state index in [0.29, 0.717) is 5.69 Å². The zero-order valence-electron chi connectivity index (χ0n) is 11.1. The first-order valence-corrected chi connectivity index (χ1v) is 7.12. The van der Waals surface area contributed by atoms with Gasteiger partial charge in [0.2, 0.25) is 0 Å². The van der Waals surface area contributed by atoms with Crippen molar-refractivity contribution in [2.24, 2.45) is 0 Å². The Labute approximate surface area is 121 Å². The molecule has 0 bridgehead atoms. The average molecular weight is 328 g/mol. The molecule has 104 valence electrons. The summed E-state index contributed by atoms with van der Waals surface area (Å²) in [5, 5.41) is 14.4. The average Bonchev–Trinajstić information content (AvgIpc) is 2.39. The smallest absolute Gasteiger partial charge is 0.292 e. The highest BCUT2D eigenvalue weighted by Crippen LogP contribution is 2.34. The fraction of sp³-hybridized carbons (Fsp3) is 0.538. The highest BCUT2D eigenvalue weighted by molar-refractivity contribution is 9.10. The van der Waals surface area contributed by atoms with Crippen LogP contribution in [-0.2, 0) is 0 Å². The van der Waals surface area contributed by atoms with Gasteiger partial charge in [-0.15, -0.1) is 0 Å². The highest BCUT2D eigenvalue weighted by atomic mass is 79.9. The van der Waals surface area contributed by atoms with Crippen molar-refractivity contribution in [2.45, 2.75) is 25.3 Å². The van der Waals surface area contributed by atoms with E-state index in [-0.39, 0.29) is 16.1 Å². The molecule has 1 aliphatic rings. The van der Waals surface area contributed by atoms with Gasteiger partial charge in [0.05, 0.1) is 4.92 Å². The van der Waals surface area contributed by atoms with Crippen LogP contribution >= 0.6 is 15.9 Å². The van der Waals surface area contributed by atoms with E-state index >= 15 is 0 Å². The molecule has 6 heteroatoms. The van der Waals surface area contributed by atoms with Crippen LogP contribution in [0.1, 0.15) is 19.8 Å². The number of hydrogen-bond acceptors (Lipinski definition) is 4. The summed E-state index contributed by atoms with van der Waals surface area (Å²) in [4.78, 5) is 12.9. The monoisotopic (exact) mass is 327 g/mol. The number of nitrogens with zero attached hydrogens (tertiary/aromatic N) is 2. The molecule has 5 nitrogen and oxygen atoms in total. The van der Waals surface area contributed by atoms with Gasteiger partial charge in [0.15, 0.2) is 0 Å². The van der Waals surface area contributed by atoms with E-state index < -0.39 is 0 Å². The molecule has 0 unspecified atom stereocenters. The first kappa shape index (κ1) is 14.3. The van der Waals surface area contributed by atoms with Gasteiger partial charge < -0.3 is 10.2 Å². The van der Waals surface area contributed by atoms with Gasteiger partial charge in [-0.3, -0.25) is 10.1 Å². The van der Waals surface area contributed by atoms with Gasteiger partial charge >= 0.3 is 0 Å². The quantitative estimate of drug-likeness (QED) is 0.685. The summed E-state index contributed by atoms with van der Waals surface area (Å²) < 4.78 is 0.870. The Morgan fingerprint density at radius 1 is 1.42 bits per heavy atom. The molecule has 0 radical (unpaired) electrons. The normalized spacial score (nSPS) is 18.4. The van der Waals surface area contributed by atoms with E-state index in [1.807, 2.05) is 13.1 Å². The maximum Gasteiger partial charge on any atom is 0.292 e. The minimum Gasteiger partial charge on any atom is -0.366 e. The van der Waals surface area contributed by atoms with Crippen molar-refractivity contribution in [3.8, 4) is 0 Å². The fourth-order valence-corrected chi connectivity index (χ4v) is 2.74. The first-order valence-electron chi connectivity index (χ1n) is 6.33. The Hall–Kier alpha value is -1.14. The molecular formula is C13H18BrN3O2. The third-order valence-electron chi connectivity index (χ3n) is 3.95. The molecule has 1 fully saturated rings. The summed E-state index contributed by atoms with van der Waals surface area (Å²) in [5.74, 6) is 0. The van der Waals surface area contributed by atoms with Crippen LogP contribution in [0.3, 0.4) is 0 Å². The van der Waals surface area contributed by atoms with Gasteiger partial charge in [0.1, 0.15) is 5.69 Å². The highest BCUT2D eigenvalue weighted by Gasteiger charge is 2.30. The van der Waals surface area contributed by atoms with Crippen molar-refractivity contribution in [1.82, 2.24) is 5.32 Å². The number of hydrogen-bond donors (Lipinski definition) is 1. The van der Waals surface area contributed by atoms with Crippen LogP contribution in [-0.4, -0.2) is 30.6 Å². The number of nitrogens with one attached hydrogen (secondary N) is 1. The second-order valence-electron chi connectivity index (χ2n) is 5.19. The Kier molecular flexibility index (Phi) is 4.10. The second kappa shape index (κ2) is 5.46. The summed E-state index contributed by atoms with van der Waals surface area (Å²) in [5.41, 5.74) is 1.02. The van der Waals surface area contributed by atoms with Crippen LogP contribution in [0, 0.1) is 10.1 Å². The molecule has 0 atom stereocenters. The maximum atomic E-state index is 11.1. The zero-order chi connectivity index (χ0) is 14.0. The second-order valence-corrected chi connectivity index (χ2v) is 6.10. The molecule has 2 rings (SSSR count). The van der Waals surface area contributed by atoms with Gasteiger partial charge in [-0.2, -0.15) is 0 Å². The lowest BCUT2D eigenvalue weighted by Gasteiger charge is -2.40. The van der Waals surface area contributed by atoms with Gasteiger partial charge in [-0.25, -0.2) is 0 Å². The summed E-state index contributed by atoms with van der Waals surface area (Å²) >= 11 is 3.39. The van der Waals surface area contributed by atoms with Gasteiger partial charge in [0, 0.05) is 29.2 Å². The van der Waals surface area contributed by atoms with Gasteiger partial charge in [-0.1, -0.05) is 15.9 Å². The molecule has 1 aromatic rings. The number of anilines is 1. The number of benzene rings is 1. The van der Waals surface area contributed by atoms with E-state index in [9.17, 15) is 10.1 Å². The lowest BCUT2D eigenvalue weighted by molar-refractivity contribution is -0.384. The van der Waals surface area contributed by atoms with Crippen LogP contribution in [0.15, 0.2) is 22.7 Å². The standard InChI is InChI=1S/C13H18BrN3O2/c1-13(15-2)5-7-16(8-6-13)12-9-10(14)3-4-11(12)17(18)19/h3-4,9,15H,5-8H2,1-2H3. The Balaban J connectivity index is 2.24. The molecule has 19 heavy (non-hydrogen) atoms. The summed E-state index contributed by atoms with van der Waals surface area (Å²) in [6.07, 6.45) is 1.96. The van der Waals surface area contributed by atoms with E-state index in [0.717, 1.165) is 30.4 Å². The molecule has 0 aromatic heterocycles. The number of halogens is 1. The SMILES string of the molecule is CNC1(C)CCN(c2cc(Br)ccc2[N+](=O)[O-])CC1. The predicted octanol–water partition coefficient (Wildman–Crippen LogP) is 2.94. The number of nitro groups is 1. The van der Waals surface area contributed by atoms with Gasteiger partial charge in [-0.05, 0) is 38.9 Å². The van der Waals surface area contributed by atoms with Crippen LogP contribution in [0.25, 0.3) is 0 Å². The largest absolute Gasteiger partial charge is 0.366 e. The topological polar surface area (TPSA) is 58.4 Å². The fourth-order valence-electron chi connectivity index (χ4n) is 2.40. The molecule has 1 aliphatic heterocycles. The molecule has 0 aliphatic carbocycles. The number of nitro benzene ring substituents is 1. The Morgan fingerprint density at radius 3 is 2.58 bits per heavy atom. The van der Waals surface area contributed by atoms with Crippen molar-refractivity contribution < 1.29 is 4.92 Å². The molecule has 1 saturated heterocycles. The molecule has 1 aromatic carbocycles. The van der Waals surface area contributed by atoms with Crippen molar-refractivity contribution in [3.05, 3.63) is 32.8 Å². The molecule has 0 amide bonds. The lowest BCUT2D eigenvalue weighted by atomic mass is 9.89. The molecule has 1 heterocycles. The predicted molar refractivity (Wildman–Crippen MR) is 79.7 cm³/mol. The van der Waals surface area contributed by atoms with Crippen LogP contribution in [0.2, 0.25) is 0 Å². The minimum absolute atomic E-state index is 0.136. The summed E-state index contributed by atoms with van der Waals surface area (Å²) in [6, 6.07) is 5.11. The lowest BCUT2D eigenvalue weighted by Crippen LogP contribution is -2.50. The van der Waals surface area contributed by atoms with E-state index in [4.69, 9.17) is 0 Å². The summed E-state index contributed by atoms with van der Waals surface area (Å²) in [7, 11) is 1.97. The molecule has 1 N–H and O–H groups in total. The van der Waals surface area contributed by atoms with E-state index in [2.05, 4.69) is 33.1 Å². The molecular weight excluding hydrogens is 310 g/mol. The van der Waals surface area contributed by atoms with Gasteiger partial charge in [0.25, 0.3) is 5.69 Å². The van der Waals surface area contributed by atoms with E-state index in [1.54, 1.807) is 12.1 Å². The van der Waals surface area contributed by atoms with Crippen LogP contribution in [0.5, 0.6) is 0 Å². The van der Waals surface area contributed by atoms with Crippen molar-refractivity contribution in [3.63, 3.8) is 0 Å². The third-order valence-corrected chi connectivity index (χ3v) is 4.44. The zero-order valence-corrected chi connectivity index (χ0v) is 12.7. The first-order chi connectivity index (χ1) is 8.95. The number of piperidine rings is 1. The third kappa shape index (κ3) is 3.06. The summed E-state index contributed by atoms with van der Waals surface area (Å²) in [6.45, 7) is 3.85. The molecule has 0 spiro atoms. The van der Waals surface area contributed by atoms with Crippen LogP contribution < -0.4 is 10.2 Å². The minimum atomic E-state index is -0.312. The number of rotatable bonds is 3. The molecule has 0 saturated carbocycles. The van der Waals surface area contributed by atoms with E-state index in [1.165, 1.54) is 0 Å². The van der Waals surface area contributed by atoms with Crippen molar-refractivity contribution in [2.75, 3.05) is 25.0 Å². The Morgan fingerprint density at radius 2 is 2.05 bits per heavy atom. The van der Waals surface area contributed by atoms with Crippen molar-refractivity contribution >= 4 is 27.3 Å².